The molecule has 0 saturated carbocycles. The molecule has 0 amide bonds. The standard InChI is InChI=1S/C20H27ClN4O2S.HI/c1-3-22-20(23-14-17(26)18-8-9-19(21)28-18)25-12-10-24(11-13-25)15-4-6-16(27-2)7-5-15;/h4-9,17,26H,3,10-14H2,1-2H3,(H,22,23);1H. The number of hydrogen-bond acceptors (Lipinski definition) is 5. The number of anilines is 1. The van der Waals surface area contributed by atoms with E-state index in [4.69, 9.17) is 16.3 Å². The Hall–Kier alpha value is -1.23. The zero-order valence-electron chi connectivity index (χ0n) is 16.7. The molecule has 3 rings (SSSR count). The number of piperazine rings is 1. The fraction of sp³-hybridized carbons (Fsp3) is 0.450. The number of benzene rings is 1. The van der Waals surface area contributed by atoms with Crippen LogP contribution >= 0.6 is 46.9 Å². The minimum atomic E-state index is -0.633. The molecule has 0 spiro atoms. The normalized spacial score (nSPS) is 15.7. The van der Waals surface area contributed by atoms with Gasteiger partial charge in [0.05, 0.1) is 18.0 Å². The van der Waals surface area contributed by atoms with Crippen molar-refractivity contribution in [1.82, 2.24) is 10.2 Å². The average Bonchev–Trinajstić information content (AvgIpc) is 3.17. The Morgan fingerprint density at radius 2 is 1.90 bits per heavy atom. The molecule has 2 N–H and O–H groups in total. The summed E-state index contributed by atoms with van der Waals surface area (Å²) in [6, 6.07) is 11.8. The van der Waals surface area contributed by atoms with E-state index in [1.165, 1.54) is 17.0 Å². The number of aliphatic hydroxyl groups is 1. The lowest BCUT2D eigenvalue weighted by Gasteiger charge is -2.37. The molecule has 1 atom stereocenters. The molecular weight excluding hydrogens is 523 g/mol. The van der Waals surface area contributed by atoms with E-state index in [9.17, 15) is 5.11 Å². The van der Waals surface area contributed by atoms with Crippen LogP contribution in [-0.4, -0.2) is 62.3 Å². The van der Waals surface area contributed by atoms with E-state index in [0.717, 1.165) is 49.3 Å². The smallest absolute Gasteiger partial charge is 0.194 e. The molecule has 6 nitrogen and oxygen atoms in total. The van der Waals surface area contributed by atoms with Crippen LogP contribution in [0.3, 0.4) is 0 Å². The second kappa shape index (κ2) is 11.8. The van der Waals surface area contributed by atoms with Gasteiger partial charge in [-0.05, 0) is 43.3 Å². The van der Waals surface area contributed by atoms with Crippen LogP contribution in [0.2, 0.25) is 4.34 Å². The van der Waals surface area contributed by atoms with Crippen LogP contribution in [-0.2, 0) is 0 Å². The van der Waals surface area contributed by atoms with E-state index in [0.29, 0.717) is 10.9 Å². The molecule has 1 saturated heterocycles. The van der Waals surface area contributed by atoms with Gasteiger partial charge in [-0.15, -0.1) is 35.3 Å². The van der Waals surface area contributed by atoms with Gasteiger partial charge in [-0.25, -0.2) is 0 Å². The summed E-state index contributed by atoms with van der Waals surface area (Å²) in [7, 11) is 1.68. The lowest BCUT2D eigenvalue weighted by atomic mass is 10.2. The SMILES string of the molecule is CCNC(=NCC(O)c1ccc(Cl)s1)N1CCN(c2ccc(OC)cc2)CC1.I. The highest BCUT2D eigenvalue weighted by Gasteiger charge is 2.20. The number of methoxy groups -OCH3 is 1. The van der Waals surface area contributed by atoms with Crippen LogP contribution in [0.1, 0.15) is 17.9 Å². The van der Waals surface area contributed by atoms with Gasteiger partial charge >= 0.3 is 0 Å². The fourth-order valence-corrected chi connectivity index (χ4v) is 4.20. The van der Waals surface area contributed by atoms with Gasteiger partial charge in [0.25, 0.3) is 0 Å². The second-order valence-electron chi connectivity index (χ2n) is 6.52. The molecule has 1 unspecified atom stereocenters. The van der Waals surface area contributed by atoms with E-state index < -0.39 is 6.10 Å². The van der Waals surface area contributed by atoms with Crippen LogP contribution in [0.4, 0.5) is 5.69 Å². The number of aliphatic hydroxyl groups excluding tert-OH is 1. The number of guanidine groups is 1. The van der Waals surface area contributed by atoms with Gasteiger partial charge < -0.3 is 25.0 Å². The number of rotatable bonds is 6. The van der Waals surface area contributed by atoms with Crippen LogP contribution in [0, 0.1) is 0 Å². The molecule has 1 aliphatic heterocycles. The first kappa shape index (κ1) is 24.0. The van der Waals surface area contributed by atoms with Crippen molar-refractivity contribution in [2.75, 3.05) is 51.3 Å². The third-order valence-corrected chi connectivity index (χ3v) is 6.02. The summed E-state index contributed by atoms with van der Waals surface area (Å²) in [6.45, 7) is 6.74. The quantitative estimate of drug-likeness (QED) is 0.325. The van der Waals surface area contributed by atoms with Crippen molar-refractivity contribution < 1.29 is 9.84 Å². The number of thiophene rings is 1. The summed E-state index contributed by atoms with van der Waals surface area (Å²) < 4.78 is 5.91. The maximum atomic E-state index is 10.4. The minimum Gasteiger partial charge on any atom is -0.497 e. The Kier molecular flexibility index (Phi) is 9.81. The van der Waals surface area contributed by atoms with Crippen LogP contribution in [0.5, 0.6) is 5.75 Å². The zero-order valence-corrected chi connectivity index (χ0v) is 20.6. The first-order valence-corrected chi connectivity index (χ1v) is 10.7. The van der Waals surface area contributed by atoms with Crippen LogP contribution < -0.4 is 15.0 Å². The summed E-state index contributed by atoms with van der Waals surface area (Å²) in [4.78, 5) is 10.1. The molecule has 9 heteroatoms. The number of halogens is 2. The predicted molar refractivity (Wildman–Crippen MR) is 132 cm³/mol. The van der Waals surface area contributed by atoms with Crippen molar-refractivity contribution in [3.8, 4) is 5.75 Å². The molecule has 1 aromatic carbocycles. The second-order valence-corrected chi connectivity index (χ2v) is 8.27. The topological polar surface area (TPSA) is 60.3 Å². The van der Waals surface area contributed by atoms with Crippen molar-refractivity contribution in [3.63, 3.8) is 0 Å². The molecule has 2 heterocycles. The van der Waals surface area contributed by atoms with Gasteiger partial charge in [0.1, 0.15) is 11.9 Å². The van der Waals surface area contributed by atoms with E-state index in [1.54, 1.807) is 13.2 Å². The Labute approximate surface area is 198 Å². The number of ether oxygens (including phenoxy) is 1. The first-order chi connectivity index (χ1) is 13.6. The predicted octanol–water partition coefficient (Wildman–Crippen LogP) is 3.85. The molecule has 29 heavy (non-hydrogen) atoms. The first-order valence-electron chi connectivity index (χ1n) is 9.46. The average molecular weight is 551 g/mol. The molecular formula is C20H28ClIN4O2S. The molecule has 1 fully saturated rings. The van der Waals surface area contributed by atoms with Gasteiger partial charge in [0.15, 0.2) is 5.96 Å². The van der Waals surface area contributed by atoms with Crippen molar-refractivity contribution >= 4 is 58.6 Å². The van der Waals surface area contributed by atoms with Crippen molar-refractivity contribution in [2.45, 2.75) is 13.0 Å². The summed E-state index contributed by atoms with van der Waals surface area (Å²) in [5, 5.41) is 13.7. The highest BCUT2D eigenvalue weighted by molar-refractivity contribution is 14.0. The summed E-state index contributed by atoms with van der Waals surface area (Å²) in [5.41, 5.74) is 1.20. The minimum absolute atomic E-state index is 0. The molecule has 0 radical (unpaired) electrons. The Morgan fingerprint density at radius 3 is 2.45 bits per heavy atom. The number of hydrogen-bond donors (Lipinski definition) is 2. The third-order valence-electron chi connectivity index (χ3n) is 4.69. The number of nitrogens with zero attached hydrogens (tertiary/aromatic N) is 3. The summed E-state index contributed by atoms with van der Waals surface area (Å²) in [5.74, 6) is 1.72. The highest BCUT2D eigenvalue weighted by Crippen LogP contribution is 2.27. The fourth-order valence-electron chi connectivity index (χ4n) is 3.17. The molecule has 160 valence electrons. The van der Waals surface area contributed by atoms with Crippen LogP contribution in [0.25, 0.3) is 0 Å². The van der Waals surface area contributed by atoms with Crippen molar-refractivity contribution in [2.24, 2.45) is 4.99 Å². The molecule has 1 aromatic heterocycles. The zero-order chi connectivity index (χ0) is 19.9. The monoisotopic (exact) mass is 550 g/mol. The lowest BCUT2D eigenvalue weighted by Crippen LogP contribution is -2.52. The Morgan fingerprint density at radius 1 is 1.21 bits per heavy atom. The maximum Gasteiger partial charge on any atom is 0.194 e. The molecule has 2 aromatic rings. The largest absolute Gasteiger partial charge is 0.497 e. The maximum absolute atomic E-state index is 10.4. The van der Waals surface area contributed by atoms with E-state index in [1.807, 2.05) is 18.2 Å². The van der Waals surface area contributed by atoms with Gasteiger partial charge in [0, 0.05) is 43.3 Å². The van der Waals surface area contributed by atoms with E-state index in [-0.39, 0.29) is 24.0 Å². The van der Waals surface area contributed by atoms with E-state index in [2.05, 4.69) is 39.2 Å². The molecule has 1 aliphatic rings. The Balaban J connectivity index is 0.00000300. The number of aliphatic imine (C=N–C) groups is 1. The number of nitrogens with one attached hydrogen (secondary N) is 1. The highest BCUT2D eigenvalue weighted by atomic mass is 127. The van der Waals surface area contributed by atoms with Gasteiger partial charge in [-0.3, -0.25) is 4.99 Å². The van der Waals surface area contributed by atoms with Crippen LogP contribution in [0.15, 0.2) is 41.4 Å². The van der Waals surface area contributed by atoms with Gasteiger partial charge in [-0.1, -0.05) is 11.6 Å². The lowest BCUT2D eigenvalue weighted by molar-refractivity contribution is 0.190. The van der Waals surface area contributed by atoms with Gasteiger partial charge in [0.2, 0.25) is 0 Å². The summed E-state index contributed by atoms with van der Waals surface area (Å²) >= 11 is 7.35. The Bertz CT molecular complexity index is 779. The summed E-state index contributed by atoms with van der Waals surface area (Å²) in [6.07, 6.45) is -0.633. The third kappa shape index (κ3) is 6.63. The molecule has 0 aliphatic carbocycles. The van der Waals surface area contributed by atoms with Crippen molar-refractivity contribution in [3.05, 3.63) is 45.6 Å². The van der Waals surface area contributed by atoms with Crippen molar-refractivity contribution in [1.29, 1.82) is 0 Å². The molecule has 0 bridgehead atoms. The van der Waals surface area contributed by atoms with Gasteiger partial charge in [-0.2, -0.15) is 0 Å². The van der Waals surface area contributed by atoms with E-state index >= 15 is 0 Å².